The van der Waals surface area contributed by atoms with Crippen molar-refractivity contribution in [1.29, 1.82) is 0 Å². The van der Waals surface area contributed by atoms with E-state index in [4.69, 9.17) is 9.47 Å². The minimum atomic E-state index is -0.246. The summed E-state index contributed by atoms with van der Waals surface area (Å²) in [5.41, 5.74) is 2.66. The van der Waals surface area contributed by atoms with Gasteiger partial charge in [0.15, 0.2) is 11.5 Å². The molecule has 8 heteroatoms. The predicted octanol–water partition coefficient (Wildman–Crippen LogP) is 3.54. The number of anilines is 2. The highest BCUT2D eigenvalue weighted by molar-refractivity contribution is 6.01. The van der Waals surface area contributed by atoms with Gasteiger partial charge in [0.25, 0.3) is 5.56 Å². The molecule has 1 fully saturated rings. The number of pyridine rings is 2. The number of methoxy groups -OCH3 is 2. The smallest absolute Gasteiger partial charge is 0.250 e. The van der Waals surface area contributed by atoms with Gasteiger partial charge in [-0.15, -0.1) is 0 Å². The Bertz CT molecular complexity index is 1320. The van der Waals surface area contributed by atoms with Gasteiger partial charge in [0.2, 0.25) is 5.91 Å². The second-order valence-electron chi connectivity index (χ2n) is 8.95. The number of rotatable bonds is 6. The van der Waals surface area contributed by atoms with Gasteiger partial charge in [-0.3, -0.25) is 9.59 Å². The molecule has 2 aromatic heterocycles. The first-order chi connectivity index (χ1) is 17.0. The van der Waals surface area contributed by atoms with Gasteiger partial charge >= 0.3 is 0 Å². The molecule has 2 aliphatic rings. The molecular formula is C27H28N4O4. The van der Waals surface area contributed by atoms with E-state index in [-0.39, 0.29) is 11.5 Å². The van der Waals surface area contributed by atoms with Crippen LogP contribution in [0.4, 0.5) is 11.5 Å². The van der Waals surface area contributed by atoms with E-state index in [2.05, 4.69) is 21.3 Å². The zero-order valence-electron chi connectivity index (χ0n) is 19.8. The lowest BCUT2D eigenvalue weighted by atomic mass is 9.83. The summed E-state index contributed by atoms with van der Waals surface area (Å²) in [7, 11) is 3.16. The third-order valence-corrected chi connectivity index (χ3v) is 6.65. The Balaban J connectivity index is 1.22. The summed E-state index contributed by atoms with van der Waals surface area (Å²) >= 11 is 0. The third kappa shape index (κ3) is 4.77. The van der Waals surface area contributed by atoms with E-state index in [1.807, 2.05) is 34.9 Å². The molecule has 2 bridgehead atoms. The largest absolute Gasteiger partial charge is 0.493 e. The number of hydrogen-bond acceptors (Lipinski definition) is 6. The summed E-state index contributed by atoms with van der Waals surface area (Å²) in [5, 5.41) is 2.85. The van der Waals surface area contributed by atoms with Crippen LogP contribution in [0, 0.1) is 5.92 Å². The number of nitrogens with zero attached hydrogens (tertiary/aromatic N) is 3. The molecule has 1 N–H and O–H groups in total. The summed E-state index contributed by atoms with van der Waals surface area (Å²) in [4.78, 5) is 31.5. The molecule has 1 amide bonds. The molecule has 2 atom stereocenters. The van der Waals surface area contributed by atoms with Crippen LogP contribution >= 0.6 is 0 Å². The van der Waals surface area contributed by atoms with Gasteiger partial charge in [0, 0.05) is 43.4 Å². The van der Waals surface area contributed by atoms with Gasteiger partial charge in [0.1, 0.15) is 5.82 Å². The Hall–Kier alpha value is -4.07. The van der Waals surface area contributed by atoms with Crippen molar-refractivity contribution in [1.82, 2.24) is 9.55 Å². The summed E-state index contributed by atoms with van der Waals surface area (Å²) < 4.78 is 12.5. The molecule has 0 saturated carbocycles. The van der Waals surface area contributed by atoms with Crippen LogP contribution in [0.3, 0.4) is 0 Å². The summed E-state index contributed by atoms with van der Waals surface area (Å²) in [5.74, 6) is 2.61. The minimum absolute atomic E-state index is 0.0871. The topological polar surface area (TPSA) is 85.7 Å². The molecule has 5 rings (SSSR count). The van der Waals surface area contributed by atoms with Crippen LogP contribution in [0.1, 0.15) is 23.6 Å². The van der Waals surface area contributed by atoms with E-state index in [1.54, 1.807) is 38.6 Å². The molecule has 4 heterocycles. The van der Waals surface area contributed by atoms with Crippen molar-refractivity contribution in [2.24, 2.45) is 5.92 Å². The van der Waals surface area contributed by atoms with E-state index >= 15 is 0 Å². The highest BCUT2D eigenvalue weighted by Gasteiger charge is 2.34. The van der Waals surface area contributed by atoms with Crippen LogP contribution in [0.25, 0.3) is 6.08 Å². The van der Waals surface area contributed by atoms with Crippen molar-refractivity contribution in [2.75, 3.05) is 37.5 Å². The maximum Gasteiger partial charge on any atom is 0.250 e. The van der Waals surface area contributed by atoms with Crippen molar-refractivity contribution >= 4 is 23.5 Å². The van der Waals surface area contributed by atoms with E-state index in [9.17, 15) is 9.59 Å². The standard InChI is InChI=1S/C27H28N4O4/c1-34-23-9-6-18(13-24(23)35-2)7-11-26(32)29-21-8-10-25(28-14-21)30-15-19-12-20(17-30)22-4-3-5-27(33)31(22)16-19/h3-11,13-14,19-20H,12,15-17H2,1-2H3,(H,29,32)/b11-7+/t19-,20+/m1/s1. The van der Waals surface area contributed by atoms with Gasteiger partial charge in [-0.2, -0.15) is 0 Å². The second kappa shape index (κ2) is 9.66. The normalized spacial score (nSPS) is 18.7. The monoisotopic (exact) mass is 472 g/mol. The van der Waals surface area contributed by atoms with Crippen molar-refractivity contribution in [3.05, 3.63) is 82.4 Å². The third-order valence-electron chi connectivity index (χ3n) is 6.65. The second-order valence-corrected chi connectivity index (χ2v) is 8.95. The zero-order valence-corrected chi connectivity index (χ0v) is 19.8. The number of ether oxygens (including phenoxy) is 2. The van der Waals surface area contributed by atoms with E-state index in [0.717, 1.165) is 43.1 Å². The van der Waals surface area contributed by atoms with E-state index < -0.39 is 0 Å². The predicted molar refractivity (Wildman–Crippen MR) is 135 cm³/mol. The zero-order chi connectivity index (χ0) is 24.4. The molecule has 8 nitrogen and oxygen atoms in total. The molecule has 0 unspecified atom stereocenters. The number of nitrogens with one attached hydrogen (secondary N) is 1. The Morgan fingerprint density at radius 3 is 2.69 bits per heavy atom. The summed E-state index contributed by atoms with van der Waals surface area (Å²) in [6.45, 7) is 2.44. The first-order valence-corrected chi connectivity index (χ1v) is 11.7. The van der Waals surface area contributed by atoms with Gasteiger partial charge in [-0.05, 0) is 54.3 Å². The first kappa shape index (κ1) is 22.7. The molecule has 0 spiro atoms. The molecule has 3 aromatic rings. The number of hydrogen-bond donors (Lipinski definition) is 1. The van der Waals surface area contributed by atoms with E-state index in [1.165, 1.54) is 6.08 Å². The van der Waals surface area contributed by atoms with Gasteiger partial charge < -0.3 is 24.3 Å². The van der Waals surface area contributed by atoms with Crippen molar-refractivity contribution in [2.45, 2.75) is 18.9 Å². The average Bonchev–Trinajstić information content (AvgIpc) is 2.88. The van der Waals surface area contributed by atoms with Crippen molar-refractivity contribution in [3.63, 3.8) is 0 Å². The number of fused-ring (bicyclic) bond motifs is 4. The highest BCUT2D eigenvalue weighted by atomic mass is 16.5. The number of amides is 1. The number of aromatic nitrogens is 2. The number of carbonyl (C=O) groups excluding carboxylic acids is 1. The lowest BCUT2D eigenvalue weighted by molar-refractivity contribution is -0.111. The van der Waals surface area contributed by atoms with Crippen molar-refractivity contribution < 1.29 is 14.3 Å². The summed E-state index contributed by atoms with van der Waals surface area (Å²) in [6, 6.07) is 14.8. The molecule has 35 heavy (non-hydrogen) atoms. The summed E-state index contributed by atoms with van der Waals surface area (Å²) in [6.07, 6.45) is 5.97. The van der Waals surface area contributed by atoms with Crippen molar-refractivity contribution in [3.8, 4) is 11.5 Å². The van der Waals surface area contributed by atoms with Gasteiger partial charge in [-0.25, -0.2) is 4.98 Å². The Labute approximate surface area is 203 Å². The Morgan fingerprint density at radius 2 is 1.91 bits per heavy atom. The lowest BCUT2D eigenvalue weighted by Gasteiger charge is -2.43. The molecule has 0 aliphatic carbocycles. The number of benzene rings is 1. The lowest BCUT2D eigenvalue weighted by Crippen LogP contribution is -2.47. The maximum atomic E-state index is 12.4. The maximum absolute atomic E-state index is 12.4. The number of carbonyl (C=O) groups is 1. The fraction of sp³-hybridized carbons (Fsp3) is 0.296. The molecule has 1 saturated heterocycles. The fourth-order valence-corrected chi connectivity index (χ4v) is 5.04. The fourth-order valence-electron chi connectivity index (χ4n) is 5.04. The molecule has 180 valence electrons. The van der Waals surface area contributed by atoms with E-state index in [0.29, 0.717) is 29.0 Å². The van der Waals surface area contributed by atoms with Crippen LogP contribution in [0.15, 0.2) is 65.6 Å². The van der Waals surface area contributed by atoms with Crippen LogP contribution in [0.2, 0.25) is 0 Å². The quantitative estimate of drug-likeness (QED) is 0.553. The van der Waals surface area contributed by atoms with Crippen LogP contribution in [0.5, 0.6) is 11.5 Å². The van der Waals surface area contributed by atoms with Gasteiger partial charge in [0.05, 0.1) is 26.1 Å². The Morgan fingerprint density at radius 1 is 1.06 bits per heavy atom. The molecular weight excluding hydrogens is 444 g/mol. The van der Waals surface area contributed by atoms with Gasteiger partial charge in [-0.1, -0.05) is 12.1 Å². The molecule has 1 aromatic carbocycles. The molecule has 0 radical (unpaired) electrons. The Kier molecular flexibility index (Phi) is 6.27. The SMILES string of the molecule is COc1ccc(/C=C/C(=O)Nc2ccc(N3C[C@H]4C[C@@H](C3)c3cccc(=O)n3C4)nc2)cc1OC. The minimum Gasteiger partial charge on any atom is -0.493 e. The highest BCUT2D eigenvalue weighted by Crippen LogP contribution is 2.36. The van der Waals surface area contributed by atoms with Crippen LogP contribution in [-0.2, 0) is 11.3 Å². The first-order valence-electron chi connectivity index (χ1n) is 11.7. The van der Waals surface area contributed by atoms with Crippen LogP contribution in [-0.4, -0.2) is 42.8 Å². The number of piperidine rings is 1. The molecule has 2 aliphatic heterocycles. The van der Waals surface area contributed by atoms with Crippen LogP contribution < -0.4 is 25.2 Å². The average molecular weight is 473 g/mol.